The van der Waals surface area contributed by atoms with Crippen LogP contribution in [0.15, 0.2) is 86.5 Å². The van der Waals surface area contributed by atoms with Gasteiger partial charge in [-0.2, -0.15) is 0 Å². The van der Waals surface area contributed by atoms with Crippen LogP contribution in [0.2, 0.25) is 0 Å². The van der Waals surface area contributed by atoms with Gasteiger partial charge in [-0.25, -0.2) is 0 Å². The second-order valence-electron chi connectivity index (χ2n) is 3.84. The van der Waals surface area contributed by atoms with Crippen molar-refractivity contribution in [1.29, 1.82) is 0 Å². The molecular weight excluding hydrogens is 571 g/mol. The minimum Gasteiger partial charge on any atom is -1.00 e. The molecule has 0 heterocycles. The average Bonchev–Trinajstić information content (AvgIpc) is 2.78. The summed E-state index contributed by atoms with van der Waals surface area (Å²) >= 11 is 31.6. The molecule has 0 aliphatic heterocycles. The molecule has 0 aliphatic carbocycles. The van der Waals surface area contributed by atoms with E-state index in [0.29, 0.717) is 28.6 Å². The molecule has 0 bridgehead atoms. The molecule has 1 unspecified atom stereocenters. The fourth-order valence-corrected chi connectivity index (χ4v) is 0.923. The standard InChI is InChI=1S/C5H9Cl.2C4H6Cl2.C4H5Cl.C4H6.Cl2.ClH/c1-2-3-4-5-6;1-2-4(6)3-5;5-3-1-2-4-6;1-3-4(2)5;1-3-4-2;1-2;/h3-4H,2,5H2,1H3;2,4H,1,3H2;1-2H,3-4H2;3H,1-2H2;3-4H,1-2H2;;1H/p-1/b4-3+;;2-1-;;;;. The minimum absolute atomic E-state index is 0. The fourth-order valence-electron chi connectivity index (χ4n) is 0.419. The number of halogens is 9. The van der Waals surface area contributed by atoms with Gasteiger partial charge in [0.25, 0.3) is 0 Å². The lowest BCUT2D eigenvalue weighted by Gasteiger charge is -1.89. The quantitative estimate of drug-likeness (QED) is 0.150. The number of allylic oxidation sites excluding steroid dienone is 9. The van der Waals surface area contributed by atoms with E-state index in [4.69, 9.17) is 69.6 Å². The summed E-state index contributed by atoms with van der Waals surface area (Å²) in [4.78, 5) is 0. The van der Waals surface area contributed by atoms with E-state index in [9.17, 15) is 0 Å². The lowest BCUT2D eigenvalue weighted by Crippen LogP contribution is -3.00. The zero-order valence-electron chi connectivity index (χ0n) is 17.2. The highest BCUT2D eigenvalue weighted by molar-refractivity contribution is 6.85. The molecule has 0 aliphatic rings. The summed E-state index contributed by atoms with van der Waals surface area (Å²) in [6, 6.07) is 0. The van der Waals surface area contributed by atoms with Crippen LogP contribution < -0.4 is 12.4 Å². The van der Waals surface area contributed by atoms with Crippen molar-refractivity contribution in [1.82, 2.24) is 0 Å². The van der Waals surface area contributed by atoms with Gasteiger partial charge in [-0.3, -0.25) is 0 Å². The van der Waals surface area contributed by atoms with Crippen molar-refractivity contribution in [2.45, 2.75) is 18.7 Å². The van der Waals surface area contributed by atoms with Gasteiger partial charge in [0.2, 0.25) is 0 Å². The van der Waals surface area contributed by atoms with E-state index in [-0.39, 0.29) is 17.8 Å². The highest BCUT2D eigenvalue weighted by Crippen LogP contribution is 1.96. The summed E-state index contributed by atoms with van der Waals surface area (Å²) in [5.74, 6) is 2.22. The summed E-state index contributed by atoms with van der Waals surface area (Å²) in [5.41, 5.74) is 0. The molecule has 0 N–H and O–H groups in total. The molecule has 0 aromatic heterocycles. The molecular formula is C21H32Cl9-. The van der Waals surface area contributed by atoms with Crippen molar-refractivity contribution in [2.75, 3.05) is 23.5 Å². The zero-order valence-corrected chi connectivity index (χ0v) is 24.0. The first kappa shape index (κ1) is 48.3. The van der Waals surface area contributed by atoms with Gasteiger partial charge >= 0.3 is 0 Å². The van der Waals surface area contributed by atoms with E-state index in [1.807, 2.05) is 24.3 Å². The van der Waals surface area contributed by atoms with E-state index in [0.717, 1.165) is 6.42 Å². The van der Waals surface area contributed by atoms with Gasteiger partial charge < -0.3 is 12.4 Å². The van der Waals surface area contributed by atoms with Crippen molar-refractivity contribution in [3.05, 3.63) is 86.5 Å². The average molecular weight is 604 g/mol. The first-order valence-electron chi connectivity index (χ1n) is 7.98. The van der Waals surface area contributed by atoms with Gasteiger partial charge in [0.15, 0.2) is 0 Å². The van der Waals surface area contributed by atoms with Gasteiger partial charge in [0.05, 0.1) is 5.38 Å². The van der Waals surface area contributed by atoms with Crippen LogP contribution in [0.5, 0.6) is 0 Å². The highest BCUT2D eigenvalue weighted by atomic mass is 36.5. The van der Waals surface area contributed by atoms with E-state index in [1.165, 1.54) is 6.08 Å². The SMILES string of the molecule is C=CC(=C)Cl.C=CC(Cl)CCl.C=CC=C.CC/C=C/CCl.ClC/C=C\CCl.ClCl.[Cl-]. The Morgan fingerprint density at radius 2 is 1.10 bits per heavy atom. The van der Waals surface area contributed by atoms with Crippen LogP contribution in [0.1, 0.15) is 13.3 Å². The minimum atomic E-state index is -0.0633. The molecule has 0 aromatic rings. The van der Waals surface area contributed by atoms with E-state index >= 15 is 0 Å². The van der Waals surface area contributed by atoms with Gasteiger partial charge in [-0.1, -0.05) is 93.4 Å². The van der Waals surface area contributed by atoms with Crippen LogP contribution >= 0.6 is 91.3 Å². The molecule has 0 nitrogen and oxygen atoms in total. The third kappa shape index (κ3) is 117. The topological polar surface area (TPSA) is 0 Å². The Bertz CT molecular complexity index is 347. The molecule has 0 aromatic carbocycles. The second-order valence-corrected chi connectivity index (χ2v) is 6.12. The molecule has 30 heavy (non-hydrogen) atoms. The molecule has 0 fully saturated rings. The van der Waals surface area contributed by atoms with E-state index in [2.05, 4.69) is 61.5 Å². The summed E-state index contributed by atoms with van der Waals surface area (Å²) in [7, 11) is 8.22. The van der Waals surface area contributed by atoms with Crippen LogP contribution in [0.25, 0.3) is 0 Å². The van der Waals surface area contributed by atoms with Crippen molar-refractivity contribution < 1.29 is 12.4 Å². The molecule has 1 atom stereocenters. The number of alkyl halides is 5. The second kappa shape index (κ2) is 63.0. The number of hydrogen-bond donors (Lipinski definition) is 0. The Morgan fingerprint density at radius 1 is 0.800 bits per heavy atom. The van der Waals surface area contributed by atoms with Crippen LogP contribution in [0.3, 0.4) is 0 Å². The molecule has 0 radical (unpaired) electrons. The third-order valence-corrected chi connectivity index (χ3v) is 3.14. The van der Waals surface area contributed by atoms with Crippen LogP contribution in [-0.2, 0) is 0 Å². The van der Waals surface area contributed by atoms with E-state index in [1.54, 1.807) is 18.2 Å². The molecule has 0 rings (SSSR count). The van der Waals surface area contributed by atoms with Crippen molar-refractivity contribution in [3.8, 4) is 0 Å². The highest BCUT2D eigenvalue weighted by Gasteiger charge is 1.89. The van der Waals surface area contributed by atoms with Gasteiger partial charge in [0.1, 0.15) is 0 Å². The molecule has 180 valence electrons. The maximum atomic E-state index is 5.40. The smallest absolute Gasteiger partial charge is 0.0648 e. The predicted molar refractivity (Wildman–Crippen MR) is 149 cm³/mol. The first-order chi connectivity index (χ1) is 13.8. The Labute approximate surface area is 230 Å². The Hall–Kier alpha value is 0.790. The van der Waals surface area contributed by atoms with Crippen molar-refractivity contribution in [3.63, 3.8) is 0 Å². The molecule has 9 heteroatoms. The molecule has 0 saturated heterocycles. The number of hydrogen-bond acceptors (Lipinski definition) is 0. The monoisotopic (exact) mass is 599 g/mol. The zero-order chi connectivity index (χ0) is 24.3. The molecule has 0 spiro atoms. The Balaban J connectivity index is -0.0000000431. The lowest BCUT2D eigenvalue weighted by atomic mass is 10.4. The predicted octanol–water partition coefficient (Wildman–Crippen LogP) is 7.90. The maximum Gasteiger partial charge on any atom is 0.0648 e. The molecule has 0 saturated carbocycles. The lowest BCUT2D eigenvalue weighted by molar-refractivity contribution is -0.00000561. The maximum absolute atomic E-state index is 5.40. The third-order valence-electron chi connectivity index (χ3n) is 1.63. The van der Waals surface area contributed by atoms with Crippen LogP contribution in [0, 0.1) is 0 Å². The summed E-state index contributed by atoms with van der Waals surface area (Å²) in [6.07, 6.45) is 15.1. The largest absolute Gasteiger partial charge is 1.00 e. The first-order valence-corrected chi connectivity index (χ1v) is 12.1. The molecule has 0 amide bonds. The van der Waals surface area contributed by atoms with Gasteiger partial charge in [0, 0.05) is 50.3 Å². The number of rotatable bonds is 8. The normalized spacial score (nSPS) is 8.83. The van der Waals surface area contributed by atoms with E-state index < -0.39 is 0 Å². The summed E-state index contributed by atoms with van der Waals surface area (Å²) in [6.45, 7) is 18.9. The van der Waals surface area contributed by atoms with Crippen LogP contribution in [0.4, 0.5) is 0 Å². The summed E-state index contributed by atoms with van der Waals surface area (Å²) in [5, 5.41) is 0.427. The van der Waals surface area contributed by atoms with Gasteiger partial charge in [-0.05, 0) is 6.42 Å². The van der Waals surface area contributed by atoms with Crippen molar-refractivity contribution >= 4 is 91.3 Å². The Kier molecular flexibility index (Phi) is 101. The summed E-state index contributed by atoms with van der Waals surface area (Å²) < 4.78 is 0. The fraction of sp³-hybridized carbons (Fsp3) is 0.333. The van der Waals surface area contributed by atoms with Crippen molar-refractivity contribution in [2.24, 2.45) is 0 Å². The van der Waals surface area contributed by atoms with Gasteiger partial charge in [-0.15, -0.1) is 64.6 Å². The Morgan fingerprint density at radius 3 is 1.17 bits per heavy atom. The van der Waals surface area contributed by atoms with Crippen LogP contribution in [-0.4, -0.2) is 28.9 Å².